The van der Waals surface area contributed by atoms with Gasteiger partial charge in [-0.05, 0) is 38.5 Å². The van der Waals surface area contributed by atoms with Crippen molar-refractivity contribution in [3.8, 4) is 0 Å². The zero-order valence-corrected chi connectivity index (χ0v) is 32.2. The van der Waals surface area contributed by atoms with Gasteiger partial charge in [0.2, 0.25) is 0 Å². The molecule has 0 aromatic rings. The van der Waals surface area contributed by atoms with Crippen molar-refractivity contribution in [2.75, 3.05) is 24.6 Å². The van der Waals surface area contributed by atoms with Gasteiger partial charge < -0.3 is 0 Å². The monoisotopic (exact) mass is 624 g/mol. The van der Waals surface area contributed by atoms with Gasteiger partial charge in [0.1, 0.15) is 0 Å². The predicted molar refractivity (Wildman–Crippen MR) is 206 cm³/mol. The van der Waals surface area contributed by atoms with Crippen LogP contribution < -0.4 is 0 Å². The molecular formula is C42H88P+. The van der Waals surface area contributed by atoms with Crippen molar-refractivity contribution in [2.24, 2.45) is 0 Å². The number of hydrogen-bond acceptors (Lipinski definition) is 0. The summed E-state index contributed by atoms with van der Waals surface area (Å²) in [6, 6.07) is 0. The average molecular weight is 624 g/mol. The zero-order valence-electron chi connectivity index (χ0n) is 31.3. The Hall–Kier alpha value is 0.430. The highest BCUT2D eigenvalue weighted by Crippen LogP contribution is 2.61. The van der Waals surface area contributed by atoms with Gasteiger partial charge in [0, 0.05) is 7.26 Å². The maximum atomic E-state index is 2.40. The van der Waals surface area contributed by atoms with Crippen LogP contribution in [0.3, 0.4) is 0 Å². The van der Waals surface area contributed by atoms with Crippen LogP contribution in [0.15, 0.2) is 0 Å². The quantitative estimate of drug-likeness (QED) is 0.0474. The van der Waals surface area contributed by atoms with Crippen LogP contribution in [-0.4, -0.2) is 24.6 Å². The van der Waals surface area contributed by atoms with Crippen molar-refractivity contribution in [1.29, 1.82) is 0 Å². The van der Waals surface area contributed by atoms with Crippen LogP contribution in [0.25, 0.3) is 0 Å². The fraction of sp³-hybridized carbons (Fsp3) is 1.00. The highest BCUT2D eigenvalue weighted by Gasteiger charge is 2.34. The van der Waals surface area contributed by atoms with E-state index in [-0.39, 0.29) is 0 Å². The molecule has 0 saturated heterocycles. The summed E-state index contributed by atoms with van der Waals surface area (Å²) in [6.45, 7) is 9.44. The molecule has 0 aromatic carbocycles. The van der Waals surface area contributed by atoms with Crippen LogP contribution in [0.1, 0.15) is 246 Å². The fourth-order valence-corrected chi connectivity index (χ4v) is 12.3. The molecule has 0 heterocycles. The molecule has 0 saturated carbocycles. The third-order valence-corrected chi connectivity index (χ3v) is 15.5. The fourth-order valence-electron chi connectivity index (χ4n) is 7.35. The van der Waals surface area contributed by atoms with E-state index in [4.69, 9.17) is 0 Å². The van der Waals surface area contributed by atoms with E-state index in [9.17, 15) is 0 Å². The van der Waals surface area contributed by atoms with Crippen LogP contribution >= 0.6 is 7.26 Å². The Morgan fingerprint density at radius 3 is 0.535 bits per heavy atom. The van der Waals surface area contributed by atoms with Gasteiger partial charge in [-0.1, -0.05) is 207 Å². The van der Waals surface area contributed by atoms with Crippen molar-refractivity contribution in [1.82, 2.24) is 0 Å². The number of rotatable bonds is 38. The van der Waals surface area contributed by atoms with Crippen LogP contribution in [0, 0.1) is 0 Å². The molecule has 43 heavy (non-hydrogen) atoms. The molecular weight excluding hydrogens is 535 g/mol. The van der Waals surface area contributed by atoms with Gasteiger partial charge in [-0.15, -0.1) is 0 Å². The normalized spacial score (nSPS) is 12.0. The van der Waals surface area contributed by atoms with Gasteiger partial charge in [-0.3, -0.25) is 0 Å². The Morgan fingerprint density at radius 2 is 0.326 bits per heavy atom. The highest BCUT2D eigenvalue weighted by atomic mass is 31.2. The summed E-state index contributed by atoms with van der Waals surface area (Å²) in [5.74, 6) is 0. The van der Waals surface area contributed by atoms with E-state index in [2.05, 4.69) is 27.7 Å². The standard InChI is InChI=1S/C42H88P/c1-5-9-13-15-17-19-21-23-25-27-29-31-33-37-41-43(39-35-11-7-3,40-36-12-8-4)42-38-34-32-30-28-26-24-22-20-18-16-14-10-6-2/h5-42H2,1-4H3/q+1. The van der Waals surface area contributed by atoms with Gasteiger partial charge in [0.15, 0.2) is 0 Å². The third kappa shape index (κ3) is 32.2. The first-order chi connectivity index (χ1) is 21.2. The first-order valence-corrected chi connectivity index (χ1v) is 23.6. The van der Waals surface area contributed by atoms with Gasteiger partial charge >= 0.3 is 0 Å². The topological polar surface area (TPSA) is 0 Å². The van der Waals surface area contributed by atoms with E-state index in [1.54, 1.807) is 37.5 Å². The summed E-state index contributed by atoms with van der Waals surface area (Å²) >= 11 is 0. The van der Waals surface area contributed by atoms with E-state index in [1.165, 1.54) is 205 Å². The van der Waals surface area contributed by atoms with Crippen LogP contribution in [0.5, 0.6) is 0 Å². The SMILES string of the molecule is CCCCCCCCCCCCCCCC[P+](CCCCC)(CCCCC)CCCCCCCCCCCCCCCC. The van der Waals surface area contributed by atoms with Crippen molar-refractivity contribution in [2.45, 2.75) is 246 Å². The third-order valence-electron chi connectivity index (χ3n) is 10.4. The van der Waals surface area contributed by atoms with E-state index in [0.29, 0.717) is 0 Å². The molecule has 0 N–H and O–H groups in total. The lowest BCUT2D eigenvalue weighted by Crippen LogP contribution is -2.13. The molecule has 0 radical (unpaired) electrons. The average Bonchev–Trinajstić information content (AvgIpc) is 3.01. The summed E-state index contributed by atoms with van der Waals surface area (Å²) in [6.07, 6.45) is 57.1. The summed E-state index contributed by atoms with van der Waals surface area (Å²) in [4.78, 5) is 0. The molecule has 0 nitrogen and oxygen atoms in total. The summed E-state index contributed by atoms with van der Waals surface area (Å²) < 4.78 is 0. The maximum Gasteiger partial charge on any atom is 0.0594 e. The second kappa shape index (κ2) is 36.9. The molecule has 0 spiro atoms. The Balaban J connectivity index is 4.17. The minimum atomic E-state index is -0.725. The van der Waals surface area contributed by atoms with Crippen LogP contribution in [0.4, 0.5) is 0 Å². The first kappa shape index (κ1) is 43.4. The summed E-state index contributed by atoms with van der Waals surface area (Å²) in [5.41, 5.74) is 0. The van der Waals surface area contributed by atoms with Crippen LogP contribution in [-0.2, 0) is 0 Å². The van der Waals surface area contributed by atoms with E-state index in [0.717, 1.165) is 0 Å². The minimum Gasteiger partial charge on any atom is -0.0654 e. The van der Waals surface area contributed by atoms with E-state index >= 15 is 0 Å². The van der Waals surface area contributed by atoms with Crippen molar-refractivity contribution in [3.05, 3.63) is 0 Å². The summed E-state index contributed by atoms with van der Waals surface area (Å²) in [5, 5.41) is 0. The molecule has 0 unspecified atom stereocenters. The lowest BCUT2D eigenvalue weighted by molar-refractivity contribution is 0.537. The van der Waals surface area contributed by atoms with Crippen molar-refractivity contribution < 1.29 is 0 Å². The molecule has 0 bridgehead atoms. The lowest BCUT2D eigenvalue weighted by atomic mass is 10.0. The van der Waals surface area contributed by atoms with Crippen molar-refractivity contribution in [3.63, 3.8) is 0 Å². The lowest BCUT2D eigenvalue weighted by Gasteiger charge is -2.28. The van der Waals surface area contributed by atoms with E-state index < -0.39 is 7.26 Å². The molecule has 0 fully saturated rings. The summed E-state index contributed by atoms with van der Waals surface area (Å²) in [7, 11) is -0.725. The van der Waals surface area contributed by atoms with Crippen LogP contribution in [0.2, 0.25) is 0 Å². The van der Waals surface area contributed by atoms with Gasteiger partial charge in [0.25, 0.3) is 0 Å². The van der Waals surface area contributed by atoms with Gasteiger partial charge in [0.05, 0.1) is 24.6 Å². The Kier molecular flexibility index (Phi) is 37.3. The van der Waals surface area contributed by atoms with Gasteiger partial charge in [-0.25, -0.2) is 0 Å². The molecule has 0 aliphatic carbocycles. The number of hydrogen-bond donors (Lipinski definition) is 0. The minimum absolute atomic E-state index is 0.725. The Morgan fingerprint density at radius 1 is 0.186 bits per heavy atom. The molecule has 0 aliphatic rings. The molecule has 0 aromatic heterocycles. The second-order valence-corrected chi connectivity index (χ2v) is 19.3. The second-order valence-electron chi connectivity index (χ2n) is 14.8. The Labute approximate surface area is 277 Å². The van der Waals surface area contributed by atoms with Gasteiger partial charge in [-0.2, -0.15) is 0 Å². The largest absolute Gasteiger partial charge is 0.0654 e. The number of unbranched alkanes of at least 4 members (excludes halogenated alkanes) is 30. The van der Waals surface area contributed by atoms with Crippen molar-refractivity contribution >= 4 is 7.26 Å². The smallest absolute Gasteiger partial charge is 0.0594 e. The molecule has 1 heteroatoms. The molecule has 0 aliphatic heterocycles. The Bertz CT molecular complexity index is 441. The molecule has 0 atom stereocenters. The predicted octanol–water partition coefficient (Wildman–Crippen LogP) is 16.3. The highest BCUT2D eigenvalue weighted by molar-refractivity contribution is 7.75. The molecule has 260 valence electrons. The van der Waals surface area contributed by atoms with E-state index in [1.807, 2.05) is 0 Å². The zero-order chi connectivity index (χ0) is 31.4. The first-order valence-electron chi connectivity index (χ1n) is 21.1. The maximum absolute atomic E-state index is 2.40. The molecule has 0 rings (SSSR count). The molecule has 0 amide bonds.